The van der Waals surface area contributed by atoms with E-state index in [0.29, 0.717) is 18.6 Å². The lowest BCUT2D eigenvalue weighted by atomic mass is 10.1. The van der Waals surface area contributed by atoms with Crippen molar-refractivity contribution in [2.45, 2.75) is 44.8 Å². The van der Waals surface area contributed by atoms with Crippen molar-refractivity contribution in [1.29, 1.82) is 0 Å². The van der Waals surface area contributed by atoms with Crippen molar-refractivity contribution < 1.29 is 9.53 Å². The van der Waals surface area contributed by atoms with Crippen LogP contribution in [0.4, 0.5) is 0 Å². The van der Waals surface area contributed by atoms with Crippen molar-refractivity contribution in [1.82, 2.24) is 5.32 Å². The van der Waals surface area contributed by atoms with Crippen LogP contribution in [-0.2, 0) is 9.53 Å². The molecule has 3 heteroatoms. The molecular formula is C11H17NO2. The SMILES string of the molecule is CC(NC1=CC(=O)CC1)C1CCCO1. The van der Waals surface area contributed by atoms with Gasteiger partial charge < -0.3 is 10.1 Å². The summed E-state index contributed by atoms with van der Waals surface area (Å²) in [6.07, 6.45) is 5.89. The number of hydrogen-bond donors (Lipinski definition) is 1. The Morgan fingerprint density at radius 2 is 2.43 bits per heavy atom. The lowest BCUT2D eigenvalue weighted by Crippen LogP contribution is -2.35. The zero-order chi connectivity index (χ0) is 9.97. The molecule has 1 fully saturated rings. The number of rotatable bonds is 3. The standard InChI is InChI=1S/C11H17NO2/c1-8(11-3-2-6-14-11)12-9-4-5-10(13)7-9/h7-8,11-12H,2-6H2,1H3. The number of hydrogen-bond acceptors (Lipinski definition) is 3. The molecule has 14 heavy (non-hydrogen) atoms. The number of carbonyl (C=O) groups is 1. The second-order valence-electron chi connectivity index (χ2n) is 4.12. The summed E-state index contributed by atoms with van der Waals surface area (Å²) >= 11 is 0. The molecule has 3 nitrogen and oxygen atoms in total. The maximum absolute atomic E-state index is 11.0. The van der Waals surface area contributed by atoms with E-state index in [1.807, 2.05) is 0 Å². The van der Waals surface area contributed by atoms with Gasteiger partial charge in [0, 0.05) is 30.8 Å². The van der Waals surface area contributed by atoms with Crippen molar-refractivity contribution in [2.24, 2.45) is 0 Å². The zero-order valence-electron chi connectivity index (χ0n) is 8.58. The van der Waals surface area contributed by atoms with Gasteiger partial charge in [-0.25, -0.2) is 0 Å². The Labute approximate surface area is 84.5 Å². The van der Waals surface area contributed by atoms with E-state index in [1.54, 1.807) is 6.08 Å². The number of ether oxygens (including phenoxy) is 1. The number of allylic oxidation sites excluding steroid dienone is 2. The minimum Gasteiger partial charge on any atom is -0.383 e. The van der Waals surface area contributed by atoms with Crippen molar-refractivity contribution >= 4 is 5.78 Å². The highest BCUT2D eigenvalue weighted by molar-refractivity contribution is 5.92. The van der Waals surface area contributed by atoms with Crippen LogP contribution in [0.5, 0.6) is 0 Å². The molecular weight excluding hydrogens is 178 g/mol. The van der Waals surface area contributed by atoms with Gasteiger partial charge in [-0.1, -0.05) is 0 Å². The van der Waals surface area contributed by atoms with Crippen LogP contribution in [0.15, 0.2) is 11.8 Å². The van der Waals surface area contributed by atoms with Crippen molar-refractivity contribution in [3.8, 4) is 0 Å². The molecule has 2 unspecified atom stereocenters. The topological polar surface area (TPSA) is 38.3 Å². The largest absolute Gasteiger partial charge is 0.383 e. The summed E-state index contributed by atoms with van der Waals surface area (Å²) in [7, 11) is 0. The Hall–Kier alpha value is -0.830. The van der Waals surface area contributed by atoms with Gasteiger partial charge in [0.15, 0.2) is 5.78 Å². The Balaban J connectivity index is 1.84. The first-order valence-electron chi connectivity index (χ1n) is 5.37. The minimum absolute atomic E-state index is 0.243. The third kappa shape index (κ3) is 2.15. The van der Waals surface area contributed by atoms with E-state index in [2.05, 4.69) is 12.2 Å². The molecule has 1 saturated heterocycles. The van der Waals surface area contributed by atoms with Crippen LogP contribution in [0.2, 0.25) is 0 Å². The van der Waals surface area contributed by atoms with E-state index in [9.17, 15) is 4.79 Å². The van der Waals surface area contributed by atoms with Gasteiger partial charge >= 0.3 is 0 Å². The molecule has 0 aromatic rings. The second-order valence-corrected chi connectivity index (χ2v) is 4.12. The quantitative estimate of drug-likeness (QED) is 0.739. The summed E-state index contributed by atoms with van der Waals surface area (Å²) in [6.45, 7) is 3.01. The molecule has 0 saturated carbocycles. The van der Waals surface area contributed by atoms with Gasteiger partial charge in [-0.2, -0.15) is 0 Å². The molecule has 2 atom stereocenters. The van der Waals surface area contributed by atoms with E-state index >= 15 is 0 Å². The van der Waals surface area contributed by atoms with Gasteiger partial charge in [0.2, 0.25) is 0 Å². The summed E-state index contributed by atoms with van der Waals surface area (Å²) in [5, 5.41) is 3.37. The second kappa shape index (κ2) is 4.13. The summed E-state index contributed by atoms with van der Waals surface area (Å²) in [4.78, 5) is 11.0. The molecule has 0 bridgehead atoms. The number of carbonyl (C=O) groups excluding carboxylic acids is 1. The van der Waals surface area contributed by atoms with Crippen molar-refractivity contribution in [3.05, 3.63) is 11.8 Å². The summed E-state index contributed by atoms with van der Waals surface area (Å²) in [5.74, 6) is 0.243. The van der Waals surface area contributed by atoms with E-state index in [1.165, 1.54) is 0 Å². The van der Waals surface area contributed by atoms with Crippen LogP contribution in [0.25, 0.3) is 0 Å². The van der Waals surface area contributed by atoms with Gasteiger partial charge in [-0.15, -0.1) is 0 Å². The Bertz CT molecular complexity index is 254. The third-order valence-electron chi connectivity index (χ3n) is 2.91. The zero-order valence-corrected chi connectivity index (χ0v) is 8.58. The first-order valence-corrected chi connectivity index (χ1v) is 5.37. The fourth-order valence-corrected chi connectivity index (χ4v) is 2.09. The molecule has 78 valence electrons. The first kappa shape index (κ1) is 9.71. The maximum Gasteiger partial charge on any atom is 0.157 e. The van der Waals surface area contributed by atoms with E-state index in [-0.39, 0.29) is 5.78 Å². The molecule has 0 amide bonds. The Kier molecular flexibility index (Phi) is 2.87. The van der Waals surface area contributed by atoms with Crippen LogP contribution in [0, 0.1) is 0 Å². The van der Waals surface area contributed by atoms with Crippen LogP contribution < -0.4 is 5.32 Å². The summed E-state index contributed by atoms with van der Waals surface area (Å²) < 4.78 is 5.58. The predicted octanol–water partition coefficient (Wildman–Crippen LogP) is 1.39. The monoisotopic (exact) mass is 195 g/mol. The molecule has 0 aromatic carbocycles. The summed E-state index contributed by atoms with van der Waals surface area (Å²) in [5.41, 5.74) is 1.08. The Morgan fingerprint density at radius 1 is 1.57 bits per heavy atom. The van der Waals surface area contributed by atoms with Gasteiger partial charge in [0.25, 0.3) is 0 Å². The highest BCUT2D eigenvalue weighted by Crippen LogP contribution is 2.18. The van der Waals surface area contributed by atoms with E-state index in [0.717, 1.165) is 31.6 Å². The maximum atomic E-state index is 11.0. The van der Waals surface area contributed by atoms with Crippen LogP contribution in [-0.4, -0.2) is 24.5 Å². The average Bonchev–Trinajstić information content (AvgIpc) is 2.75. The van der Waals surface area contributed by atoms with Gasteiger partial charge in [-0.3, -0.25) is 4.79 Å². The molecule has 0 radical (unpaired) electrons. The highest BCUT2D eigenvalue weighted by Gasteiger charge is 2.23. The average molecular weight is 195 g/mol. The molecule has 0 spiro atoms. The predicted molar refractivity (Wildman–Crippen MR) is 53.9 cm³/mol. The lowest BCUT2D eigenvalue weighted by molar-refractivity contribution is -0.114. The Morgan fingerprint density at radius 3 is 3.00 bits per heavy atom. The summed E-state index contributed by atoms with van der Waals surface area (Å²) in [6, 6.07) is 0.328. The van der Waals surface area contributed by atoms with Crippen LogP contribution in [0.3, 0.4) is 0 Å². The molecule has 1 N–H and O–H groups in total. The smallest absolute Gasteiger partial charge is 0.157 e. The van der Waals surface area contributed by atoms with Crippen molar-refractivity contribution in [2.75, 3.05) is 6.61 Å². The van der Waals surface area contributed by atoms with Crippen molar-refractivity contribution in [3.63, 3.8) is 0 Å². The fraction of sp³-hybridized carbons (Fsp3) is 0.727. The van der Waals surface area contributed by atoms with E-state index < -0.39 is 0 Å². The first-order chi connectivity index (χ1) is 6.75. The van der Waals surface area contributed by atoms with Crippen LogP contribution >= 0.6 is 0 Å². The van der Waals surface area contributed by atoms with Crippen LogP contribution in [0.1, 0.15) is 32.6 Å². The number of ketones is 1. The van der Waals surface area contributed by atoms with Gasteiger partial charge in [-0.05, 0) is 26.2 Å². The normalized spacial score (nSPS) is 29.1. The molecule has 1 heterocycles. The molecule has 1 aliphatic heterocycles. The fourth-order valence-electron chi connectivity index (χ4n) is 2.09. The third-order valence-corrected chi connectivity index (χ3v) is 2.91. The molecule has 2 rings (SSSR count). The van der Waals surface area contributed by atoms with Gasteiger partial charge in [0.05, 0.1) is 6.10 Å². The minimum atomic E-state index is 0.243. The molecule has 2 aliphatic rings. The van der Waals surface area contributed by atoms with E-state index in [4.69, 9.17) is 4.74 Å². The van der Waals surface area contributed by atoms with Gasteiger partial charge in [0.1, 0.15) is 0 Å². The highest BCUT2D eigenvalue weighted by atomic mass is 16.5. The molecule has 0 aromatic heterocycles. The molecule has 1 aliphatic carbocycles. The lowest BCUT2D eigenvalue weighted by Gasteiger charge is -2.21. The number of nitrogens with one attached hydrogen (secondary N) is 1.